The third-order valence-electron chi connectivity index (χ3n) is 3.88. The van der Waals surface area contributed by atoms with E-state index >= 15 is 0 Å². The fourth-order valence-corrected chi connectivity index (χ4v) is 2.93. The summed E-state index contributed by atoms with van der Waals surface area (Å²) in [7, 11) is 0. The summed E-state index contributed by atoms with van der Waals surface area (Å²) in [5, 5.41) is 13.6. The van der Waals surface area contributed by atoms with Crippen LogP contribution in [-0.4, -0.2) is 61.7 Å². The van der Waals surface area contributed by atoms with Gasteiger partial charge in [-0.2, -0.15) is 0 Å². The number of halogens is 2. The average molecular weight is 389 g/mol. The smallest absolute Gasteiger partial charge is 0.407 e. The third kappa shape index (κ3) is 5.66. The molecule has 136 valence electrons. The largest absolute Gasteiger partial charge is 0.465 e. The molecule has 1 aromatic rings. The van der Waals surface area contributed by atoms with Gasteiger partial charge in [0.1, 0.15) is 0 Å². The number of azide groups is 1. The Morgan fingerprint density at radius 2 is 2.28 bits per heavy atom. The predicted octanol–water partition coefficient (Wildman–Crippen LogP) is 3.78. The Labute approximate surface area is 154 Å². The van der Waals surface area contributed by atoms with Crippen LogP contribution in [0.15, 0.2) is 23.3 Å². The van der Waals surface area contributed by atoms with Crippen LogP contribution in [-0.2, 0) is 9.47 Å². The molecule has 1 aromatic carbocycles. The maximum atomic E-state index is 11.4. The first-order chi connectivity index (χ1) is 12.0. The van der Waals surface area contributed by atoms with Gasteiger partial charge in [-0.1, -0.05) is 34.4 Å². The zero-order valence-corrected chi connectivity index (χ0v) is 14.9. The van der Waals surface area contributed by atoms with Crippen molar-refractivity contribution in [1.29, 1.82) is 0 Å². The Kier molecular flexibility index (Phi) is 7.61. The summed E-state index contributed by atoms with van der Waals surface area (Å²) in [5.74, 6) is -0.257. The highest BCUT2D eigenvalue weighted by atomic mass is 35.5. The van der Waals surface area contributed by atoms with Crippen molar-refractivity contribution in [2.24, 2.45) is 5.11 Å². The van der Waals surface area contributed by atoms with E-state index in [9.17, 15) is 9.90 Å². The topological polar surface area (TPSA) is 108 Å². The molecule has 0 saturated carbocycles. The van der Waals surface area contributed by atoms with Crippen molar-refractivity contribution in [3.63, 3.8) is 0 Å². The first kappa shape index (κ1) is 19.6. The minimum Gasteiger partial charge on any atom is -0.465 e. The van der Waals surface area contributed by atoms with E-state index in [1.54, 1.807) is 18.2 Å². The Bertz CT molecular complexity index is 654. The van der Waals surface area contributed by atoms with Gasteiger partial charge in [-0.3, -0.25) is 0 Å². The Morgan fingerprint density at radius 3 is 2.96 bits per heavy atom. The number of hydrogen-bond donors (Lipinski definition) is 1. The highest BCUT2D eigenvalue weighted by Gasteiger charge is 2.31. The second kappa shape index (κ2) is 9.70. The van der Waals surface area contributed by atoms with Crippen molar-refractivity contribution < 1.29 is 19.4 Å². The average Bonchev–Trinajstić information content (AvgIpc) is 2.80. The quantitative estimate of drug-likeness (QED) is 0.346. The van der Waals surface area contributed by atoms with Crippen molar-refractivity contribution in [3.8, 4) is 0 Å². The van der Waals surface area contributed by atoms with Crippen LogP contribution in [0.4, 0.5) is 4.79 Å². The number of nitrogens with zero attached hydrogens (tertiary/aromatic N) is 4. The lowest BCUT2D eigenvalue weighted by Gasteiger charge is -2.27. The van der Waals surface area contributed by atoms with Crippen molar-refractivity contribution in [3.05, 3.63) is 44.3 Å². The summed E-state index contributed by atoms with van der Waals surface area (Å²) in [4.78, 5) is 15.4. The minimum atomic E-state index is -1.00. The van der Waals surface area contributed by atoms with Gasteiger partial charge in [-0.15, -0.1) is 0 Å². The van der Waals surface area contributed by atoms with Gasteiger partial charge < -0.3 is 19.5 Å². The van der Waals surface area contributed by atoms with Gasteiger partial charge in [-0.25, -0.2) is 4.79 Å². The number of benzene rings is 1. The summed E-state index contributed by atoms with van der Waals surface area (Å²) < 4.78 is 11.3. The maximum absolute atomic E-state index is 11.4. The van der Waals surface area contributed by atoms with E-state index in [0.29, 0.717) is 10.0 Å². The van der Waals surface area contributed by atoms with Gasteiger partial charge in [0.2, 0.25) is 0 Å². The van der Waals surface area contributed by atoms with Crippen molar-refractivity contribution in [2.45, 2.75) is 12.0 Å². The van der Waals surface area contributed by atoms with E-state index in [2.05, 4.69) is 10.0 Å². The summed E-state index contributed by atoms with van der Waals surface area (Å²) >= 11 is 12.1. The van der Waals surface area contributed by atoms with Gasteiger partial charge in [0, 0.05) is 30.5 Å². The highest BCUT2D eigenvalue weighted by molar-refractivity contribution is 6.42. The molecular weight excluding hydrogens is 371 g/mol. The monoisotopic (exact) mass is 388 g/mol. The molecule has 1 saturated heterocycles. The molecule has 2 atom stereocenters. The molecule has 10 heteroatoms. The molecule has 0 unspecified atom stereocenters. The molecule has 1 heterocycles. The van der Waals surface area contributed by atoms with Crippen LogP contribution in [0.3, 0.4) is 0 Å². The van der Waals surface area contributed by atoms with Gasteiger partial charge in [-0.05, 0) is 23.2 Å². The molecule has 1 N–H and O–H groups in total. The van der Waals surface area contributed by atoms with Crippen molar-refractivity contribution in [2.75, 3.05) is 39.5 Å². The summed E-state index contributed by atoms with van der Waals surface area (Å²) in [6.07, 6.45) is -1.36. The first-order valence-corrected chi connectivity index (χ1v) is 8.41. The zero-order valence-electron chi connectivity index (χ0n) is 13.3. The number of ether oxygens (including phenoxy) is 2. The fraction of sp³-hybridized carbons (Fsp3) is 0.533. The number of carboxylic acid groups (broad SMARTS) is 1. The Morgan fingerprint density at radius 1 is 1.48 bits per heavy atom. The molecule has 25 heavy (non-hydrogen) atoms. The molecule has 1 amide bonds. The molecule has 0 aromatic heterocycles. The lowest BCUT2D eigenvalue weighted by Crippen LogP contribution is -2.36. The summed E-state index contributed by atoms with van der Waals surface area (Å²) in [6, 6.07) is 5.20. The second-order valence-electron chi connectivity index (χ2n) is 5.45. The van der Waals surface area contributed by atoms with Crippen LogP contribution in [0.2, 0.25) is 10.0 Å². The minimum absolute atomic E-state index is 0.224. The van der Waals surface area contributed by atoms with Crippen LogP contribution < -0.4 is 0 Å². The fourth-order valence-electron chi connectivity index (χ4n) is 2.63. The predicted molar refractivity (Wildman–Crippen MR) is 93.4 cm³/mol. The van der Waals surface area contributed by atoms with Crippen LogP contribution in [0.25, 0.3) is 10.4 Å². The van der Waals surface area contributed by atoms with Gasteiger partial charge in [0.15, 0.2) is 0 Å². The number of hydrogen-bond acceptors (Lipinski definition) is 4. The SMILES string of the molecule is [N-]=[N+]=NCCOC[C@@H]1OCCN(C(=O)O)C[C@H]1c1ccc(Cl)c(Cl)c1. The second-order valence-corrected chi connectivity index (χ2v) is 6.26. The van der Waals surface area contributed by atoms with Crippen LogP contribution >= 0.6 is 23.2 Å². The van der Waals surface area contributed by atoms with E-state index < -0.39 is 6.09 Å². The van der Waals surface area contributed by atoms with E-state index in [4.69, 9.17) is 38.2 Å². The van der Waals surface area contributed by atoms with Crippen molar-refractivity contribution >= 4 is 29.3 Å². The lowest BCUT2D eigenvalue weighted by atomic mass is 9.93. The molecule has 1 fully saturated rings. The van der Waals surface area contributed by atoms with Crippen LogP contribution in [0.5, 0.6) is 0 Å². The molecular formula is C15H18Cl2N4O4. The van der Waals surface area contributed by atoms with Gasteiger partial charge in [0.25, 0.3) is 0 Å². The van der Waals surface area contributed by atoms with E-state index in [1.165, 1.54) is 4.90 Å². The maximum Gasteiger partial charge on any atom is 0.407 e. The number of amides is 1. The Balaban J connectivity index is 2.16. The highest BCUT2D eigenvalue weighted by Crippen LogP contribution is 2.31. The molecule has 0 spiro atoms. The molecule has 0 bridgehead atoms. The van der Waals surface area contributed by atoms with Gasteiger partial charge >= 0.3 is 6.09 Å². The van der Waals surface area contributed by atoms with E-state index in [-0.39, 0.29) is 51.5 Å². The molecule has 1 aliphatic heterocycles. The standard InChI is InChI=1S/C15H18Cl2N4O4/c16-12-2-1-10(7-13(12)17)11-8-21(15(22)23)4-6-25-14(11)9-24-5-3-19-20-18/h1-2,7,11,14H,3-6,8-9H2,(H,22,23)/t11-,14-/m0/s1. The lowest BCUT2D eigenvalue weighted by molar-refractivity contribution is -0.0174. The molecule has 2 rings (SSSR count). The Hall–Kier alpha value is -1.70. The van der Waals surface area contributed by atoms with Crippen LogP contribution in [0, 0.1) is 0 Å². The van der Waals surface area contributed by atoms with Crippen LogP contribution in [0.1, 0.15) is 11.5 Å². The molecule has 0 radical (unpaired) electrons. The van der Waals surface area contributed by atoms with Gasteiger partial charge in [0.05, 0.1) is 36.0 Å². The zero-order chi connectivity index (χ0) is 18.2. The van der Waals surface area contributed by atoms with Crippen molar-refractivity contribution in [1.82, 2.24) is 4.90 Å². The normalized spacial score (nSPS) is 20.6. The molecule has 8 nitrogen and oxygen atoms in total. The third-order valence-corrected chi connectivity index (χ3v) is 4.62. The molecule has 0 aliphatic carbocycles. The van der Waals surface area contributed by atoms with E-state index in [1.807, 2.05) is 0 Å². The number of rotatable bonds is 6. The summed E-state index contributed by atoms with van der Waals surface area (Å²) in [5.41, 5.74) is 9.09. The summed E-state index contributed by atoms with van der Waals surface area (Å²) in [6.45, 7) is 1.55. The van der Waals surface area contributed by atoms with E-state index in [0.717, 1.165) is 5.56 Å². The number of carbonyl (C=O) groups is 1. The first-order valence-electron chi connectivity index (χ1n) is 7.66. The molecule has 1 aliphatic rings.